The fourth-order valence-electron chi connectivity index (χ4n) is 1.32. The van der Waals surface area contributed by atoms with E-state index in [0.717, 1.165) is 0 Å². The van der Waals surface area contributed by atoms with Crippen molar-refractivity contribution in [3.63, 3.8) is 0 Å². The van der Waals surface area contributed by atoms with Crippen LogP contribution in [0.1, 0.15) is 26.7 Å². The number of urea groups is 1. The molecule has 1 atom stereocenters. The third-order valence-electron chi connectivity index (χ3n) is 2.46. The van der Waals surface area contributed by atoms with Crippen molar-refractivity contribution >= 4 is 18.0 Å². The number of nitrogens with one attached hydrogen (secondary N) is 1. The van der Waals surface area contributed by atoms with Gasteiger partial charge in [0.1, 0.15) is 6.54 Å². The van der Waals surface area contributed by atoms with E-state index in [1.165, 1.54) is 12.0 Å². The molecule has 1 unspecified atom stereocenters. The van der Waals surface area contributed by atoms with E-state index in [4.69, 9.17) is 5.11 Å². The van der Waals surface area contributed by atoms with Crippen molar-refractivity contribution in [3.05, 3.63) is 0 Å². The Labute approximate surface area is 106 Å². The molecule has 7 nitrogen and oxygen atoms in total. The molecule has 0 saturated heterocycles. The summed E-state index contributed by atoms with van der Waals surface area (Å²) in [4.78, 5) is 34.7. The molecular weight excluding hydrogens is 240 g/mol. The summed E-state index contributed by atoms with van der Waals surface area (Å²) in [5.41, 5.74) is 0. The van der Waals surface area contributed by atoms with Crippen LogP contribution in [0, 0.1) is 0 Å². The number of methoxy groups -OCH3 is 1. The van der Waals surface area contributed by atoms with Gasteiger partial charge in [-0.25, -0.2) is 4.79 Å². The Bertz CT molecular complexity index is 306. The number of carboxylic acids is 1. The minimum Gasteiger partial charge on any atom is -0.481 e. The number of hydrogen-bond donors (Lipinski definition) is 2. The minimum atomic E-state index is -0.974. The topological polar surface area (TPSA) is 95.9 Å². The van der Waals surface area contributed by atoms with Crippen LogP contribution in [-0.4, -0.2) is 54.2 Å². The Kier molecular flexibility index (Phi) is 7.50. The molecule has 0 fully saturated rings. The first-order chi connectivity index (χ1) is 8.44. The van der Waals surface area contributed by atoms with Crippen LogP contribution in [0.3, 0.4) is 0 Å². The number of carboxylic acid groups (broad SMARTS) is 1. The van der Waals surface area contributed by atoms with Crippen molar-refractivity contribution < 1.29 is 24.2 Å². The molecule has 0 spiro atoms. The molecule has 0 aromatic heterocycles. The van der Waals surface area contributed by atoms with Crippen molar-refractivity contribution in [2.24, 2.45) is 0 Å². The average Bonchev–Trinajstić information content (AvgIpc) is 2.33. The number of aliphatic carboxylic acids is 1. The normalized spacial score (nSPS) is 11.5. The van der Waals surface area contributed by atoms with E-state index in [1.807, 2.05) is 0 Å². The quantitative estimate of drug-likeness (QED) is 0.648. The van der Waals surface area contributed by atoms with Gasteiger partial charge in [-0.3, -0.25) is 9.59 Å². The maximum absolute atomic E-state index is 11.8. The number of rotatable bonds is 7. The molecule has 0 bridgehead atoms. The number of hydrogen-bond acceptors (Lipinski definition) is 4. The zero-order valence-corrected chi connectivity index (χ0v) is 10.9. The SMILES string of the molecule is CCC(CC(=O)O)NC(=O)N(CC)CC(=O)OC. The van der Waals surface area contributed by atoms with Crippen molar-refractivity contribution in [3.8, 4) is 0 Å². The summed E-state index contributed by atoms with van der Waals surface area (Å²) >= 11 is 0. The molecule has 0 aliphatic rings. The predicted octanol–water partition coefficient (Wildman–Crippen LogP) is 0.444. The Balaban J connectivity index is 4.40. The largest absolute Gasteiger partial charge is 0.481 e. The number of ether oxygens (including phenoxy) is 1. The monoisotopic (exact) mass is 260 g/mol. The molecule has 0 heterocycles. The number of likely N-dealkylation sites (N-methyl/N-ethyl adjacent to an activating group) is 1. The van der Waals surface area contributed by atoms with Gasteiger partial charge in [0.2, 0.25) is 0 Å². The number of nitrogens with zero attached hydrogens (tertiary/aromatic N) is 1. The average molecular weight is 260 g/mol. The fraction of sp³-hybridized carbons (Fsp3) is 0.727. The highest BCUT2D eigenvalue weighted by Crippen LogP contribution is 2.00. The zero-order valence-electron chi connectivity index (χ0n) is 10.9. The van der Waals surface area contributed by atoms with Crippen molar-refractivity contribution in [2.45, 2.75) is 32.7 Å². The second kappa shape index (κ2) is 8.32. The van der Waals surface area contributed by atoms with Gasteiger partial charge in [0.25, 0.3) is 0 Å². The van der Waals surface area contributed by atoms with E-state index < -0.39 is 24.0 Å². The highest BCUT2D eigenvalue weighted by Gasteiger charge is 2.19. The van der Waals surface area contributed by atoms with Gasteiger partial charge < -0.3 is 20.1 Å². The van der Waals surface area contributed by atoms with Crippen LogP contribution in [0.4, 0.5) is 4.79 Å². The summed E-state index contributed by atoms with van der Waals surface area (Å²) in [6, 6.07) is -0.905. The summed E-state index contributed by atoms with van der Waals surface area (Å²) in [6.07, 6.45) is 0.367. The number of carbonyl (C=O) groups is 3. The van der Waals surface area contributed by atoms with Crippen molar-refractivity contribution in [2.75, 3.05) is 20.2 Å². The smallest absolute Gasteiger partial charge is 0.325 e. The second-order valence-electron chi connectivity index (χ2n) is 3.74. The van der Waals surface area contributed by atoms with E-state index >= 15 is 0 Å². The first-order valence-corrected chi connectivity index (χ1v) is 5.78. The molecule has 2 N–H and O–H groups in total. The molecular formula is C11H20N2O5. The molecule has 2 amide bonds. The molecule has 0 aromatic carbocycles. The molecule has 0 aliphatic carbocycles. The lowest BCUT2D eigenvalue weighted by Crippen LogP contribution is -2.47. The van der Waals surface area contributed by atoms with E-state index in [1.54, 1.807) is 13.8 Å². The standard InChI is InChI=1S/C11H20N2O5/c1-4-8(6-9(14)15)12-11(17)13(5-2)7-10(16)18-3/h8H,4-7H2,1-3H3,(H,12,17)(H,14,15). The predicted molar refractivity (Wildman–Crippen MR) is 64.1 cm³/mol. The van der Waals surface area contributed by atoms with Gasteiger partial charge in [-0.1, -0.05) is 6.92 Å². The van der Waals surface area contributed by atoms with E-state index in [9.17, 15) is 14.4 Å². The lowest BCUT2D eigenvalue weighted by molar-refractivity contribution is -0.141. The molecule has 0 aromatic rings. The molecule has 104 valence electrons. The van der Waals surface area contributed by atoms with Gasteiger partial charge in [-0.15, -0.1) is 0 Å². The van der Waals surface area contributed by atoms with Crippen LogP contribution >= 0.6 is 0 Å². The van der Waals surface area contributed by atoms with E-state index in [0.29, 0.717) is 13.0 Å². The highest BCUT2D eigenvalue weighted by atomic mass is 16.5. The summed E-state index contributed by atoms with van der Waals surface area (Å²) in [5, 5.41) is 11.2. The first-order valence-electron chi connectivity index (χ1n) is 5.78. The van der Waals surface area contributed by atoms with Crippen molar-refractivity contribution in [1.29, 1.82) is 0 Å². The van der Waals surface area contributed by atoms with Gasteiger partial charge in [0, 0.05) is 12.6 Å². The third-order valence-corrected chi connectivity index (χ3v) is 2.46. The van der Waals surface area contributed by atoms with Gasteiger partial charge in [-0.2, -0.15) is 0 Å². The lowest BCUT2D eigenvalue weighted by atomic mass is 10.1. The molecule has 0 aliphatic heterocycles. The maximum Gasteiger partial charge on any atom is 0.325 e. The van der Waals surface area contributed by atoms with Crippen LogP contribution in [0.5, 0.6) is 0 Å². The molecule has 0 rings (SSSR count). The molecule has 18 heavy (non-hydrogen) atoms. The second-order valence-corrected chi connectivity index (χ2v) is 3.74. The summed E-state index contributed by atoms with van der Waals surface area (Å²) in [7, 11) is 1.24. The first kappa shape index (κ1) is 16.2. The number of esters is 1. The van der Waals surface area contributed by atoms with E-state index in [-0.39, 0.29) is 13.0 Å². The van der Waals surface area contributed by atoms with Gasteiger partial charge in [0.05, 0.1) is 13.5 Å². The molecule has 0 saturated carbocycles. The van der Waals surface area contributed by atoms with Crippen LogP contribution in [0.25, 0.3) is 0 Å². The molecule has 0 radical (unpaired) electrons. The Morgan fingerprint density at radius 3 is 2.33 bits per heavy atom. The maximum atomic E-state index is 11.8. The Morgan fingerprint density at radius 1 is 1.33 bits per heavy atom. The third kappa shape index (κ3) is 6.07. The van der Waals surface area contributed by atoms with Crippen molar-refractivity contribution in [1.82, 2.24) is 10.2 Å². The van der Waals surface area contributed by atoms with Gasteiger partial charge in [0.15, 0.2) is 0 Å². The zero-order chi connectivity index (χ0) is 14.1. The highest BCUT2D eigenvalue weighted by molar-refractivity contribution is 5.81. The minimum absolute atomic E-state index is 0.141. The summed E-state index contributed by atoms with van der Waals surface area (Å²) in [6.45, 7) is 3.69. The van der Waals surface area contributed by atoms with Crippen LogP contribution in [0.2, 0.25) is 0 Å². The van der Waals surface area contributed by atoms with Gasteiger partial charge in [-0.05, 0) is 13.3 Å². The Morgan fingerprint density at radius 2 is 1.94 bits per heavy atom. The molecule has 7 heteroatoms. The van der Waals surface area contributed by atoms with Gasteiger partial charge >= 0.3 is 18.0 Å². The number of carbonyl (C=O) groups excluding carboxylic acids is 2. The van der Waals surface area contributed by atoms with Crippen LogP contribution in [0.15, 0.2) is 0 Å². The fourth-order valence-corrected chi connectivity index (χ4v) is 1.32. The summed E-state index contributed by atoms with van der Waals surface area (Å²) < 4.78 is 4.47. The lowest BCUT2D eigenvalue weighted by Gasteiger charge is -2.23. The van der Waals surface area contributed by atoms with Crippen LogP contribution < -0.4 is 5.32 Å². The number of amides is 2. The summed E-state index contributed by atoms with van der Waals surface area (Å²) in [5.74, 6) is -1.49. The van der Waals surface area contributed by atoms with E-state index in [2.05, 4.69) is 10.1 Å². The van der Waals surface area contributed by atoms with Crippen LogP contribution in [-0.2, 0) is 14.3 Å². The Hall–Kier alpha value is -1.79.